The van der Waals surface area contributed by atoms with Gasteiger partial charge in [-0.2, -0.15) is 5.26 Å². The molecule has 0 aromatic heterocycles. The van der Waals surface area contributed by atoms with Crippen molar-refractivity contribution in [2.75, 3.05) is 0 Å². The van der Waals surface area contributed by atoms with Crippen LogP contribution < -0.4 is 0 Å². The molecule has 0 N–H and O–H groups in total. The van der Waals surface area contributed by atoms with E-state index in [1.807, 2.05) is 0 Å². The predicted molar refractivity (Wildman–Crippen MR) is 77.3 cm³/mol. The molecule has 1 aliphatic rings. The van der Waals surface area contributed by atoms with Crippen molar-refractivity contribution in [3.8, 4) is 17.9 Å². The van der Waals surface area contributed by atoms with E-state index >= 15 is 0 Å². The van der Waals surface area contributed by atoms with Crippen LogP contribution in [-0.2, 0) is 0 Å². The second kappa shape index (κ2) is 8.96. The molecule has 0 amide bonds. The molecule has 0 aliphatic heterocycles. The van der Waals surface area contributed by atoms with Gasteiger partial charge in [0.05, 0.1) is 5.92 Å². The van der Waals surface area contributed by atoms with Gasteiger partial charge in [0.1, 0.15) is 12.3 Å². The molecule has 1 saturated carbocycles. The maximum absolute atomic E-state index is 14.2. The molecule has 3 heteroatoms. The standard InChI is InChI=1S/C17H25F2N/c1-3-16(18)15(5-4-12-20)17(19)11-10-14-8-6-13(2)7-9-14/h13-17H,3,6-11H2,1-2H3. The summed E-state index contributed by atoms with van der Waals surface area (Å²) in [5, 5.41) is 8.44. The lowest BCUT2D eigenvalue weighted by Gasteiger charge is -2.27. The maximum atomic E-state index is 14.2. The van der Waals surface area contributed by atoms with E-state index in [4.69, 9.17) is 5.26 Å². The summed E-state index contributed by atoms with van der Waals surface area (Å²) in [5.74, 6) is 5.04. The molecular formula is C17H25F2N. The van der Waals surface area contributed by atoms with E-state index in [0.717, 1.165) is 25.2 Å². The Morgan fingerprint density at radius 2 is 1.80 bits per heavy atom. The Hall–Kier alpha value is -1.09. The normalized spacial score (nSPS) is 26.8. The van der Waals surface area contributed by atoms with Gasteiger partial charge in [-0.25, -0.2) is 8.78 Å². The fourth-order valence-corrected chi connectivity index (χ4v) is 2.97. The molecule has 20 heavy (non-hydrogen) atoms. The van der Waals surface area contributed by atoms with Crippen molar-refractivity contribution in [3.63, 3.8) is 0 Å². The zero-order valence-electron chi connectivity index (χ0n) is 12.5. The number of hydrogen-bond acceptors (Lipinski definition) is 1. The highest BCUT2D eigenvalue weighted by atomic mass is 19.1. The molecule has 1 aliphatic carbocycles. The first-order chi connectivity index (χ1) is 9.58. The second-order valence-electron chi connectivity index (χ2n) is 6.05. The summed E-state index contributed by atoms with van der Waals surface area (Å²) in [4.78, 5) is 0. The molecule has 1 nitrogen and oxygen atoms in total. The Kier molecular flexibility index (Phi) is 7.60. The van der Waals surface area contributed by atoms with Crippen LogP contribution in [0.15, 0.2) is 0 Å². The third-order valence-electron chi connectivity index (χ3n) is 4.45. The summed E-state index contributed by atoms with van der Waals surface area (Å²) >= 11 is 0. The molecule has 0 saturated heterocycles. The lowest BCUT2D eigenvalue weighted by molar-refractivity contribution is 0.143. The van der Waals surface area contributed by atoms with Gasteiger partial charge in [-0.3, -0.25) is 0 Å². The molecular weight excluding hydrogens is 256 g/mol. The number of alkyl halides is 2. The molecule has 0 aromatic rings. The zero-order valence-corrected chi connectivity index (χ0v) is 12.5. The molecule has 0 aromatic carbocycles. The molecule has 1 rings (SSSR count). The number of rotatable bonds is 6. The predicted octanol–water partition coefficient (Wildman–Crippen LogP) is 4.82. The van der Waals surface area contributed by atoms with E-state index in [1.54, 1.807) is 13.0 Å². The van der Waals surface area contributed by atoms with E-state index < -0.39 is 18.3 Å². The molecule has 0 heterocycles. The molecule has 0 spiro atoms. The van der Waals surface area contributed by atoms with Gasteiger partial charge in [0.25, 0.3) is 0 Å². The van der Waals surface area contributed by atoms with Gasteiger partial charge in [-0.15, -0.1) is 0 Å². The van der Waals surface area contributed by atoms with Crippen molar-refractivity contribution in [3.05, 3.63) is 0 Å². The van der Waals surface area contributed by atoms with Crippen LogP contribution in [0.4, 0.5) is 8.78 Å². The van der Waals surface area contributed by atoms with Gasteiger partial charge in [0, 0.05) is 5.92 Å². The average molecular weight is 281 g/mol. The molecule has 1 fully saturated rings. The molecule has 112 valence electrons. The van der Waals surface area contributed by atoms with Gasteiger partial charge in [-0.05, 0) is 31.1 Å². The summed E-state index contributed by atoms with van der Waals surface area (Å²) in [5.41, 5.74) is 0. The van der Waals surface area contributed by atoms with Gasteiger partial charge in [-0.1, -0.05) is 45.5 Å². The van der Waals surface area contributed by atoms with Gasteiger partial charge < -0.3 is 0 Å². The van der Waals surface area contributed by atoms with Crippen LogP contribution >= 0.6 is 0 Å². The first kappa shape index (κ1) is 17.0. The highest BCUT2D eigenvalue weighted by Gasteiger charge is 2.28. The van der Waals surface area contributed by atoms with Crippen molar-refractivity contribution >= 4 is 0 Å². The fraction of sp³-hybridized carbons (Fsp3) is 0.824. The Morgan fingerprint density at radius 1 is 1.15 bits per heavy atom. The summed E-state index contributed by atoms with van der Waals surface area (Å²) in [6, 6.07) is 1.65. The minimum atomic E-state index is -1.28. The first-order valence-corrected chi connectivity index (χ1v) is 7.76. The Balaban J connectivity index is 2.45. The maximum Gasteiger partial charge on any atom is 0.152 e. The Morgan fingerprint density at radius 3 is 2.35 bits per heavy atom. The Bertz CT molecular complexity index is 369. The fourth-order valence-electron chi connectivity index (χ4n) is 2.97. The van der Waals surface area contributed by atoms with Crippen molar-refractivity contribution < 1.29 is 8.78 Å². The van der Waals surface area contributed by atoms with Crippen LogP contribution in [0.2, 0.25) is 0 Å². The van der Waals surface area contributed by atoms with Crippen molar-refractivity contribution in [2.45, 2.75) is 71.1 Å². The van der Waals surface area contributed by atoms with E-state index in [2.05, 4.69) is 18.8 Å². The van der Waals surface area contributed by atoms with E-state index in [-0.39, 0.29) is 6.42 Å². The van der Waals surface area contributed by atoms with Crippen LogP contribution in [0.25, 0.3) is 0 Å². The number of nitrogens with zero attached hydrogens (tertiary/aromatic N) is 1. The summed E-state index contributed by atoms with van der Waals surface area (Å²) in [6.45, 7) is 3.94. The van der Waals surface area contributed by atoms with Crippen LogP contribution in [0.1, 0.15) is 58.8 Å². The summed E-state index contributed by atoms with van der Waals surface area (Å²) < 4.78 is 27.9. The summed E-state index contributed by atoms with van der Waals surface area (Å²) in [6.07, 6.45) is 3.65. The third-order valence-corrected chi connectivity index (χ3v) is 4.45. The lowest BCUT2D eigenvalue weighted by atomic mass is 9.80. The highest BCUT2D eigenvalue weighted by Crippen LogP contribution is 2.33. The smallest absolute Gasteiger partial charge is 0.152 e. The van der Waals surface area contributed by atoms with Gasteiger partial charge >= 0.3 is 0 Å². The third kappa shape index (κ3) is 5.49. The monoisotopic (exact) mass is 281 g/mol. The van der Waals surface area contributed by atoms with Gasteiger partial charge in [0.15, 0.2) is 6.07 Å². The van der Waals surface area contributed by atoms with Crippen molar-refractivity contribution in [1.82, 2.24) is 0 Å². The Labute approximate surface area is 121 Å². The van der Waals surface area contributed by atoms with Crippen molar-refractivity contribution in [1.29, 1.82) is 5.26 Å². The average Bonchev–Trinajstić information content (AvgIpc) is 2.46. The largest absolute Gasteiger partial charge is 0.246 e. The molecule has 3 unspecified atom stereocenters. The van der Waals surface area contributed by atoms with Crippen LogP contribution in [0.5, 0.6) is 0 Å². The van der Waals surface area contributed by atoms with Gasteiger partial charge in [0.2, 0.25) is 0 Å². The number of hydrogen-bond donors (Lipinski definition) is 0. The highest BCUT2D eigenvalue weighted by molar-refractivity contribution is 5.20. The molecule has 0 radical (unpaired) electrons. The number of nitriles is 1. The second-order valence-corrected chi connectivity index (χ2v) is 6.05. The van der Waals surface area contributed by atoms with Crippen LogP contribution in [0.3, 0.4) is 0 Å². The molecule has 3 atom stereocenters. The minimum absolute atomic E-state index is 0.242. The van der Waals surface area contributed by atoms with E-state index in [1.165, 1.54) is 12.8 Å². The quantitative estimate of drug-likeness (QED) is 0.640. The van der Waals surface area contributed by atoms with Crippen LogP contribution in [0, 0.1) is 40.9 Å². The summed E-state index contributed by atoms with van der Waals surface area (Å²) in [7, 11) is 0. The minimum Gasteiger partial charge on any atom is -0.246 e. The first-order valence-electron chi connectivity index (χ1n) is 7.76. The van der Waals surface area contributed by atoms with E-state index in [9.17, 15) is 8.78 Å². The molecule has 0 bridgehead atoms. The van der Waals surface area contributed by atoms with Crippen molar-refractivity contribution in [2.24, 2.45) is 17.8 Å². The zero-order chi connectivity index (χ0) is 15.0. The SMILES string of the molecule is CCC(F)C(C#CC#N)C(F)CCC1CCC(C)CC1. The topological polar surface area (TPSA) is 23.8 Å². The number of halogens is 2. The lowest BCUT2D eigenvalue weighted by Crippen LogP contribution is -2.25. The van der Waals surface area contributed by atoms with Crippen LogP contribution in [-0.4, -0.2) is 12.3 Å². The van der Waals surface area contributed by atoms with E-state index in [0.29, 0.717) is 12.3 Å².